The highest BCUT2D eigenvalue weighted by Gasteiger charge is 2.25. The molecule has 1 saturated heterocycles. The lowest BCUT2D eigenvalue weighted by Gasteiger charge is -2.32. The second-order valence-corrected chi connectivity index (χ2v) is 9.36. The molecule has 0 spiro atoms. The summed E-state index contributed by atoms with van der Waals surface area (Å²) in [6.07, 6.45) is 7.49. The minimum atomic E-state index is -3.06. The molecule has 1 N–H and O–H groups in total. The van der Waals surface area contributed by atoms with Gasteiger partial charge < -0.3 is 10.2 Å². The van der Waals surface area contributed by atoms with Gasteiger partial charge in [0.2, 0.25) is 5.91 Å². The normalized spacial score (nSPS) is 22.0. The first-order valence-corrected chi connectivity index (χ1v) is 11.3. The maximum Gasteiger partial charge on any atom is 0.223 e. The van der Waals surface area contributed by atoms with Crippen LogP contribution in [0.5, 0.6) is 0 Å². The van der Waals surface area contributed by atoms with Crippen molar-refractivity contribution in [2.45, 2.75) is 31.2 Å². The molecule has 2 aromatic heterocycles. The molecule has 0 bridgehead atoms. The number of fused-ring (bicyclic) bond motifs is 1. The summed E-state index contributed by atoms with van der Waals surface area (Å²) < 4.78 is 22.8. The van der Waals surface area contributed by atoms with Gasteiger partial charge in [0.1, 0.15) is 0 Å². The van der Waals surface area contributed by atoms with Gasteiger partial charge in [-0.15, -0.1) is 0 Å². The molecule has 4 heterocycles. The molecule has 2 aliphatic heterocycles. The molecule has 1 unspecified atom stereocenters. The van der Waals surface area contributed by atoms with Gasteiger partial charge in [-0.05, 0) is 31.0 Å². The van der Waals surface area contributed by atoms with Crippen LogP contribution in [0.1, 0.15) is 30.9 Å². The number of carbonyl (C=O) groups is 1. The summed E-state index contributed by atoms with van der Waals surface area (Å²) in [6.45, 7) is 1.94. The fraction of sp³-hybridized carbons (Fsp3) is 0.450. The number of nitrogens with zero attached hydrogens (tertiary/aromatic N) is 3. The van der Waals surface area contributed by atoms with Crippen LogP contribution in [-0.4, -0.2) is 60.6 Å². The van der Waals surface area contributed by atoms with Crippen molar-refractivity contribution in [3.63, 3.8) is 0 Å². The van der Waals surface area contributed by atoms with Crippen molar-refractivity contribution in [1.29, 1.82) is 0 Å². The van der Waals surface area contributed by atoms with E-state index in [0.717, 1.165) is 42.5 Å². The Labute approximate surface area is 164 Å². The van der Waals surface area contributed by atoms with Crippen molar-refractivity contribution < 1.29 is 13.2 Å². The van der Waals surface area contributed by atoms with Gasteiger partial charge in [0.05, 0.1) is 11.3 Å². The van der Waals surface area contributed by atoms with Crippen LogP contribution in [0.2, 0.25) is 0 Å². The number of amides is 1. The van der Waals surface area contributed by atoms with E-state index in [-0.39, 0.29) is 17.7 Å². The smallest absolute Gasteiger partial charge is 0.223 e. The van der Waals surface area contributed by atoms with Crippen molar-refractivity contribution in [2.24, 2.45) is 0 Å². The van der Waals surface area contributed by atoms with Gasteiger partial charge in [-0.2, -0.15) is 0 Å². The lowest BCUT2D eigenvalue weighted by molar-refractivity contribution is -0.132. The van der Waals surface area contributed by atoms with Crippen LogP contribution in [0.25, 0.3) is 10.9 Å². The van der Waals surface area contributed by atoms with Gasteiger partial charge in [0.15, 0.2) is 9.84 Å². The zero-order valence-electron chi connectivity index (χ0n) is 15.6. The number of sulfone groups is 1. The van der Waals surface area contributed by atoms with Crippen LogP contribution in [0, 0.1) is 0 Å². The van der Waals surface area contributed by atoms with Crippen molar-refractivity contribution in [2.75, 3.05) is 25.4 Å². The number of hydrogen-bond donors (Lipinski definition) is 1. The lowest BCUT2D eigenvalue weighted by Crippen LogP contribution is -2.40. The standard InChI is InChI=1S/C20H24N4O3S/c25-20(3-8-21-17-6-11-28(26,27)14-17)24-9-4-15(5-10-24)18-12-19-16(13-23-18)2-1-7-22-19/h1-2,6-7,11-13,15,17,21H,3-5,8-10,14H2. The van der Waals surface area contributed by atoms with E-state index >= 15 is 0 Å². The zero-order valence-corrected chi connectivity index (χ0v) is 16.4. The number of piperidine rings is 1. The molecule has 2 aliphatic rings. The van der Waals surface area contributed by atoms with Crippen LogP contribution in [0.4, 0.5) is 0 Å². The molecule has 0 radical (unpaired) electrons. The predicted molar refractivity (Wildman–Crippen MR) is 107 cm³/mol. The van der Waals surface area contributed by atoms with Crippen LogP contribution in [0.3, 0.4) is 0 Å². The van der Waals surface area contributed by atoms with E-state index in [1.54, 1.807) is 12.3 Å². The van der Waals surface area contributed by atoms with E-state index in [0.29, 0.717) is 18.9 Å². The Hall–Kier alpha value is -2.32. The van der Waals surface area contributed by atoms with Gasteiger partial charge in [-0.25, -0.2) is 8.42 Å². The minimum Gasteiger partial charge on any atom is -0.343 e. The fourth-order valence-electron chi connectivity index (χ4n) is 3.85. The summed E-state index contributed by atoms with van der Waals surface area (Å²) in [5.41, 5.74) is 2.01. The molecule has 8 heteroatoms. The summed E-state index contributed by atoms with van der Waals surface area (Å²) in [5.74, 6) is 0.548. The van der Waals surface area contributed by atoms with Gasteiger partial charge >= 0.3 is 0 Å². The first-order chi connectivity index (χ1) is 13.5. The van der Waals surface area contributed by atoms with E-state index in [1.807, 2.05) is 23.2 Å². The molecule has 148 valence electrons. The van der Waals surface area contributed by atoms with Crippen molar-refractivity contribution >= 4 is 26.6 Å². The monoisotopic (exact) mass is 400 g/mol. The number of rotatable bonds is 5. The van der Waals surface area contributed by atoms with Crippen molar-refractivity contribution in [1.82, 2.24) is 20.2 Å². The summed E-state index contributed by atoms with van der Waals surface area (Å²) in [7, 11) is -3.06. The third-order valence-corrected chi connectivity index (χ3v) is 6.85. The molecular formula is C20H24N4O3S. The molecule has 0 aromatic carbocycles. The Morgan fingerprint density at radius 1 is 1.25 bits per heavy atom. The predicted octanol–water partition coefficient (Wildman–Crippen LogP) is 1.63. The van der Waals surface area contributed by atoms with Crippen LogP contribution in [-0.2, 0) is 14.6 Å². The van der Waals surface area contributed by atoms with Gasteiger partial charge in [-0.1, -0.05) is 6.08 Å². The third kappa shape index (κ3) is 4.39. The molecule has 0 saturated carbocycles. The Bertz CT molecular complexity index is 997. The van der Waals surface area contributed by atoms with Crippen LogP contribution >= 0.6 is 0 Å². The average Bonchev–Trinajstić information content (AvgIpc) is 3.06. The van der Waals surface area contributed by atoms with E-state index in [9.17, 15) is 13.2 Å². The molecule has 2 aromatic rings. The number of hydrogen-bond acceptors (Lipinski definition) is 6. The number of nitrogens with one attached hydrogen (secondary N) is 1. The molecule has 0 aliphatic carbocycles. The maximum atomic E-state index is 12.4. The quantitative estimate of drug-likeness (QED) is 0.820. The van der Waals surface area contributed by atoms with E-state index in [2.05, 4.69) is 21.4 Å². The van der Waals surface area contributed by atoms with Crippen molar-refractivity contribution in [3.05, 3.63) is 47.8 Å². The lowest BCUT2D eigenvalue weighted by atomic mass is 9.92. The van der Waals surface area contributed by atoms with Crippen LogP contribution in [0.15, 0.2) is 42.1 Å². The zero-order chi connectivity index (χ0) is 19.6. The molecular weight excluding hydrogens is 376 g/mol. The first kappa shape index (κ1) is 19.0. The second kappa shape index (κ2) is 7.97. The van der Waals surface area contributed by atoms with E-state index < -0.39 is 9.84 Å². The number of pyridine rings is 2. The number of aromatic nitrogens is 2. The SMILES string of the molecule is O=C(CCNC1C=CS(=O)(=O)C1)N1CCC(c2cc3ncccc3cn2)CC1. The highest BCUT2D eigenvalue weighted by atomic mass is 32.2. The highest BCUT2D eigenvalue weighted by molar-refractivity contribution is 7.94. The van der Waals surface area contributed by atoms with Crippen LogP contribution < -0.4 is 5.32 Å². The summed E-state index contributed by atoms with van der Waals surface area (Å²) in [4.78, 5) is 23.3. The summed E-state index contributed by atoms with van der Waals surface area (Å²) in [6, 6.07) is 5.79. The fourth-order valence-corrected chi connectivity index (χ4v) is 5.12. The number of carbonyl (C=O) groups excluding carboxylic acids is 1. The molecule has 4 rings (SSSR count). The second-order valence-electron chi connectivity index (χ2n) is 7.43. The number of likely N-dealkylation sites (tertiary alicyclic amines) is 1. The topological polar surface area (TPSA) is 92.3 Å². The summed E-state index contributed by atoms with van der Waals surface area (Å²) >= 11 is 0. The van der Waals surface area contributed by atoms with Crippen molar-refractivity contribution in [3.8, 4) is 0 Å². The molecule has 28 heavy (non-hydrogen) atoms. The maximum absolute atomic E-state index is 12.4. The van der Waals surface area contributed by atoms with Gasteiger partial charge in [0, 0.05) is 66.9 Å². The Morgan fingerprint density at radius 3 is 2.82 bits per heavy atom. The molecule has 7 nitrogen and oxygen atoms in total. The van der Waals surface area contributed by atoms with Gasteiger partial charge in [0.25, 0.3) is 0 Å². The molecule has 1 atom stereocenters. The summed E-state index contributed by atoms with van der Waals surface area (Å²) in [5, 5.41) is 5.41. The third-order valence-electron chi connectivity index (χ3n) is 5.45. The first-order valence-electron chi connectivity index (χ1n) is 9.63. The van der Waals surface area contributed by atoms with Gasteiger partial charge in [-0.3, -0.25) is 14.8 Å². The largest absolute Gasteiger partial charge is 0.343 e. The molecule has 1 amide bonds. The minimum absolute atomic E-state index is 0.0835. The Balaban J connectivity index is 1.25. The highest BCUT2D eigenvalue weighted by Crippen LogP contribution is 2.28. The van der Waals surface area contributed by atoms with E-state index in [4.69, 9.17) is 0 Å². The average molecular weight is 401 g/mol. The molecule has 1 fully saturated rings. The Morgan fingerprint density at radius 2 is 2.07 bits per heavy atom. The van der Waals surface area contributed by atoms with E-state index in [1.165, 1.54) is 5.41 Å². The Kier molecular flexibility index (Phi) is 5.41.